The summed E-state index contributed by atoms with van der Waals surface area (Å²) in [5.74, 6) is 0.896. The molecule has 0 aliphatic carbocycles. The van der Waals surface area contributed by atoms with Crippen molar-refractivity contribution in [1.82, 2.24) is 0 Å². The molecule has 3 N–H and O–H groups in total. The van der Waals surface area contributed by atoms with Gasteiger partial charge in [0, 0.05) is 26.2 Å². The SMILES string of the molecule is COCCCOc1cc(O)cc(CCN)c1. The van der Waals surface area contributed by atoms with E-state index in [0.717, 1.165) is 18.4 Å². The highest BCUT2D eigenvalue weighted by Crippen LogP contribution is 2.22. The number of ether oxygens (including phenoxy) is 2. The summed E-state index contributed by atoms with van der Waals surface area (Å²) in [5, 5.41) is 9.48. The molecule has 0 bridgehead atoms. The Balaban J connectivity index is 2.51. The van der Waals surface area contributed by atoms with Crippen molar-refractivity contribution in [2.24, 2.45) is 5.73 Å². The number of methoxy groups -OCH3 is 1. The van der Waals surface area contributed by atoms with Crippen LogP contribution in [0.25, 0.3) is 0 Å². The zero-order valence-corrected chi connectivity index (χ0v) is 9.61. The van der Waals surface area contributed by atoms with Crippen LogP contribution in [0, 0.1) is 0 Å². The fourth-order valence-corrected chi connectivity index (χ4v) is 1.43. The fraction of sp³-hybridized carbons (Fsp3) is 0.500. The van der Waals surface area contributed by atoms with Crippen LogP contribution in [0.5, 0.6) is 11.5 Å². The lowest BCUT2D eigenvalue weighted by Crippen LogP contribution is -2.04. The van der Waals surface area contributed by atoms with E-state index < -0.39 is 0 Å². The number of nitrogens with two attached hydrogens (primary N) is 1. The van der Waals surface area contributed by atoms with E-state index in [9.17, 15) is 5.11 Å². The lowest BCUT2D eigenvalue weighted by Gasteiger charge is -2.08. The molecule has 1 aromatic carbocycles. The summed E-state index contributed by atoms with van der Waals surface area (Å²) in [6, 6.07) is 5.21. The summed E-state index contributed by atoms with van der Waals surface area (Å²) in [7, 11) is 1.66. The van der Waals surface area contributed by atoms with Crippen LogP contribution >= 0.6 is 0 Å². The molecule has 0 aliphatic heterocycles. The molecule has 0 radical (unpaired) electrons. The Morgan fingerprint density at radius 2 is 2.06 bits per heavy atom. The van der Waals surface area contributed by atoms with Crippen molar-refractivity contribution in [1.29, 1.82) is 0 Å². The summed E-state index contributed by atoms with van der Waals surface area (Å²) in [6.07, 6.45) is 1.57. The van der Waals surface area contributed by atoms with E-state index in [4.69, 9.17) is 15.2 Å². The molecule has 0 heterocycles. The monoisotopic (exact) mass is 225 g/mol. The minimum absolute atomic E-state index is 0.215. The highest BCUT2D eigenvalue weighted by atomic mass is 16.5. The Labute approximate surface area is 96.0 Å². The zero-order valence-electron chi connectivity index (χ0n) is 9.61. The Kier molecular flexibility index (Phi) is 5.67. The van der Waals surface area contributed by atoms with Crippen molar-refractivity contribution in [3.05, 3.63) is 23.8 Å². The number of phenolic OH excluding ortho intramolecular Hbond substituents is 1. The quantitative estimate of drug-likeness (QED) is 0.687. The van der Waals surface area contributed by atoms with Gasteiger partial charge in [-0.2, -0.15) is 0 Å². The van der Waals surface area contributed by atoms with Crippen LogP contribution in [-0.2, 0) is 11.2 Å². The first-order valence-corrected chi connectivity index (χ1v) is 5.41. The predicted octanol–water partition coefficient (Wildman–Crippen LogP) is 1.31. The average Bonchev–Trinajstić information content (AvgIpc) is 2.24. The van der Waals surface area contributed by atoms with Gasteiger partial charge in [-0.15, -0.1) is 0 Å². The van der Waals surface area contributed by atoms with Gasteiger partial charge in [0.15, 0.2) is 0 Å². The summed E-state index contributed by atoms with van der Waals surface area (Å²) in [6.45, 7) is 1.82. The van der Waals surface area contributed by atoms with Gasteiger partial charge < -0.3 is 20.3 Å². The predicted molar refractivity (Wildman–Crippen MR) is 62.9 cm³/mol. The lowest BCUT2D eigenvalue weighted by molar-refractivity contribution is 0.172. The highest BCUT2D eigenvalue weighted by molar-refractivity contribution is 5.37. The second-order valence-electron chi connectivity index (χ2n) is 3.57. The Bertz CT molecular complexity index is 315. The molecule has 4 heteroatoms. The summed E-state index contributed by atoms with van der Waals surface area (Å²) >= 11 is 0. The van der Waals surface area contributed by atoms with Crippen molar-refractivity contribution in [3.63, 3.8) is 0 Å². The van der Waals surface area contributed by atoms with Crippen LogP contribution in [-0.4, -0.2) is 32.0 Å². The maximum absolute atomic E-state index is 9.48. The van der Waals surface area contributed by atoms with Crippen LogP contribution < -0.4 is 10.5 Å². The normalized spacial score (nSPS) is 10.4. The van der Waals surface area contributed by atoms with E-state index in [2.05, 4.69) is 0 Å². The largest absolute Gasteiger partial charge is 0.508 e. The molecule has 0 saturated heterocycles. The topological polar surface area (TPSA) is 64.7 Å². The Morgan fingerprint density at radius 3 is 2.75 bits per heavy atom. The summed E-state index contributed by atoms with van der Waals surface area (Å²) in [4.78, 5) is 0. The van der Waals surface area contributed by atoms with E-state index >= 15 is 0 Å². The molecule has 0 spiro atoms. The van der Waals surface area contributed by atoms with E-state index in [1.807, 2.05) is 6.07 Å². The number of rotatable bonds is 7. The van der Waals surface area contributed by atoms with Crippen molar-refractivity contribution in [2.75, 3.05) is 26.9 Å². The van der Waals surface area contributed by atoms with Gasteiger partial charge in [0.05, 0.1) is 6.61 Å². The number of aromatic hydroxyl groups is 1. The lowest BCUT2D eigenvalue weighted by atomic mass is 10.1. The first-order chi connectivity index (χ1) is 7.76. The molecule has 0 saturated carbocycles. The van der Waals surface area contributed by atoms with Crippen LogP contribution in [0.3, 0.4) is 0 Å². The van der Waals surface area contributed by atoms with Gasteiger partial charge in [0.1, 0.15) is 11.5 Å². The second kappa shape index (κ2) is 7.09. The minimum Gasteiger partial charge on any atom is -0.508 e. The minimum atomic E-state index is 0.215. The molecule has 16 heavy (non-hydrogen) atoms. The van der Waals surface area contributed by atoms with Gasteiger partial charge in [-0.3, -0.25) is 0 Å². The molecule has 0 unspecified atom stereocenters. The van der Waals surface area contributed by atoms with Crippen LogP contribution in [0.15, 0.2) is 18.2 Å². The molecule has 4 nitrogen and oxygen atoms in total. The third-order valence-corrected chi connectivity index (χ3v) is 2.15. The molecule has 1 rings (SSSR count). The second-order valence-corrected chi connectivity index (χ2v) is 3.57. The first kappa shape index (κ1) is 12.8. The average molecular weight is 225 g/mol. The van der Waals surface area contributed by atoms with Gasteiger partial charge in [-0.1, -0.05) is 0 Å². The number of benzene rings is 1. The van der Waals surface area contributed by atoms with E-state index in [0.29, 0.717) is 25.5 Å². The van der Waals surface area contributed by atoms with Crippen LogP contribution in [0.4, 0.5) is 0 Å². The third-order valence-electron chi connectivity index (χ3n) is 2.15. The van der Waals surface area contributed by atoms with Gasteiger partial charge in [0.25, 0.3) is 0 Å². The summed E-state index contributed by atoms with van der Waals surface area (Å²) < 4.78 is 10.4. The summed E-state index contributed by atoms with van der Waals surface area (Å²) in [5.41, 5.74) is 6.45. The Morgan fingerprint density at radius 1 is 1.25 bits per heavy atom. The molecular weight excluding hydrogens is 206 g/mol. The molecule has 90 valence electrons. The standard InChI is InChI=1S/C12H19NO3/c1-15-5-2-6-16-12-8-10(3-4-13)7-11(14)9-12/h7-9,14H,2-6,13H2,1H3. The maximum Gasteiger partial charge on any atom is 0.123 e. The van der Waals surface area contributed by atoms with Crippen molar-refractivity contribution in [2.45, 2.75) is 12.8 Å². The number of phenols is 1. The molecule has 0 atom stereocenters. The molecule has 1 aromatic rings. The number of hydrogen-bond acceptors (Lipinski definition) is 4. The molecule has 0 aliphatic rings. The van der Waals surface area contributed by atoms with Gasteiger partial charge in [-0.05, 0) is 30.7 Å². The maximum atomic E-state index is 9.48. The van der Waals surface area contributed by atoms with Crippen LogP contribution in [0.1, 0.15) is 12.0 Å². The number of hydrogen-bond donors (Lipinski definition) is 2. The fourth-order valence-electron chi connectivity index (χ4n) is 1.43. The van der Waals surface area contributed by atoms with Crippen LogP contribution in [0.2, 0.25) is 0 Å². The zero-order chi connectivity index (χ0) is 11.8. The van der Waals surface area contributed by atoms with Crippen molar-refractivity contribution < 1.29 is 14.6 Å². The van der Waals surface area contributed by atoms with Gasteiger partial charge in [-0.25, -0.2) is 0 Å². The highest BCUT2D eigenvalue weighted by Gasteiger charge is 2.00. The third kappa shape index (κ3) is 4.51. The Hall–Kier alpha value is -1.26. The molecule has 0 aromatic heterocycles. The smallest absolute Gasteiger partial charge is 0.123 e. The van der Waals surface area contributed by atoms with E-state index in [1.165, 1.54) is 0 Å². The van der Waals surface area contributed by atoms with Gasteiger partial charge in [0.2, 0.25) is 0 Å². The van der Waals surface area contributed by atoms with E-state index in [1.54, 1.807) is 19.2 Å². The molecular formula is C12H19NO3. The first-order valence-electron chi connectivity index (χ1n) is 5.41. The van der Waals surface area contributed by atoms with E-state index in [-0.39, 0.29) is 5.75 Å². The van der Waals surface area contributed by atoms with Crippen molar-refractivity contribution >= 4 is 0 Å². The van der Waals surface area contributed by atoms with Crippen molar-refractivity contribution in [3.8, 4) is 11.5 Å². The van der Waals surface area contributed by atoms with Gasteiger partial charge >= 0.3 is 0 Å². The molecule has 0 fully saturated rings. The molecule has 0 amide bonds.